The molecule has 1 aliphatic rings. The van der Waals surface area contributed by atoms with Crippen LogP contribution in [-0.2, 0) is 25.8 Å². The third kappa shape index (κ3) is 4.53. The molecule has 4 rings (SSSR count). The van der Waals surface area contributed by atoms with Crippen molar-refractivity contribution in [1.29, 1.82) is 0 Å². The summed E-state index contributed by atoms with van der Waals surface area (Å²) in [6.07, 6.45) is 3.59. The molecule has 176 valence electrons. The SMILES string of the molecule is CCCC(=O)O[C@@H]1CCCc2c1n(C(C)c1ccc(Cl)cc1)c1c(S(C)(=O)=O)cc(F)cc21. The highest BCUT2D eigenvalue weighted by Crippen LogP contribution is 2.44. The van der Waals surface area contributed by atoms with Crippen LogP contribution in [0.4, 0.5) is 4.39 Å². The van der Waals surface area contributed by atoms with Crippen LogP contribution >= 0.6 is 11.6 Å². The predicted molar refractivity (Wildman–Crippen MR) is 127 cm³/mol. The van der Waals surface area contributed by atoms with Gasteiger partial charge in [-0.3, -0.25) is 4.79 Å². The van der Waals surface area contributed by atoms with Gasteiger partial charge >= 0.3 is 5.97 Å². The van der Waals surface area contributed by atoms with Crippen LogP contribution in [0, 0.1) is 5.82 Å². The van der Waals surface area contributed by atoms with Gasteiger partial charge in [0, 0.05) is 23.1 Å². The van der Waals surface area contributed by atoms with E-state index in [0.29, 0.717) is 41.6 Å². The van der Waals surface area contributed by atoms with E-state index in [0.717, 1.165) is 35.6 Å². The summed E-state index contributed by atoms with van der Waals surface area (Å²) in [5.74, 6) is -0.895. The van der Waals surface area contributed by atoms with E-state index in [4.69, 9.17) is 16.3 Å². The summed E-state index contributed by atoms with van der Waals surface area (Å²) in [7, 11) is -3.74. The number of hydrogen-bond acceptors (Lipinski definition) is 4. The molecule has 0 fully saturated rings. The van der Waals surface area contributed by atoms with Crippen molar-refractivity contribution in [3.05, 3.63) is 64.1 Å². The van der Waals surface area contributed by atoms with Gasteiger partial charge in [0.2, 0.25) is 0 Å². The Labute approximate surface area is 198 Å². The molecule has 0 aliphatic heterocycles. The number of sulfone groups is 1. The van der Waals surface area contributed by atoms with E-state index in [1.54, 1.807) is 12.1 Å². The van der Waals surface area contributed by atoms with Gasteiger partial charge in [-0.15, -0.1) is 0 Å². The van der Waals surface area contributed by atoms with Gasteiger partial charge in [-0.1, -0.05) is 30.7 Å². The van der Waals surface area contributed by atoms with E-state index < -0.39 is 21.8 Å². The van der Waals surface area contributed by atoms with Crippen molar-refractivity contribution in [3.8, 4) is 0 Å². The molecule has 3 aromatic rings. The maximum atomic E-state index is 14.6. The lowest BCUT2D eigenvalue weighted by atomic mass is 9.93. The normalized spacial score (nSPS) is 17.1. The first-order valence-electron chi connectivity index (χ1n) is 11.1. The first-order chi connectivity index (χ1) is 15.6. The lowest BCUT2D eigenvalue weighted by molar-refractivity contribution is -0.150. The molecule has 33 heavy (non-hydrogen) atoms. The Morgan fingerprint density at radius 2 is 1.97 bits per heavy atom. The summed E-state index contributed by atoms with van der Waals surface area (Å²) >= 11 is 6.08. The topological polar surface area (TPSA) is 65.4 Å². The van der Waals surface area contributed by atoms with Gasteiger partial charge in [0.25, 0.3) is 0 Å². The molecule has 0 spiro atoms. The first kappa shape index (κ1) is 23.8. The number of halogens is 2. The highest BCUT2D eigenvalue weighted by atomic mass is 35.5. The van der Waals surface area contributed by atoms with Crippen molar-refractivity contribution in [1.82, 2.24) is 4.57 Å². The Kier molecular flexibility index (Phi) is 6.56. The maximum absolute atomic E-state index is 14.6. The van der Waals surface area contributed by atoms with Gasteiger partial charge < -0.3 is 9.30 Å². The fourth-order valence-electron chi connectivity index (χ4n) is 4.78. The maximum Gasteiger partial charge on any atom is 0.306 e. The molecule has 5 nitrogen and oxygen atoms in total. The third-order valence-corrected chi connectivity index (χ3v) is 7.60. The van der Waals surface area contributed by atoms with Gasteiger partial charge in [-0.25, -0.2) is 12.8 Å². The number of esters is 1. The van der Waals surface area contributed by atoms with Crippen molar-refractivity contribution >= 4 is 38.3 Å². The monoisotopic (exact) mass is 491 g/mol. The summed E-state index contributed by atoms with van der Waals surface area (Å²) in [6.45, 7) is 3.87. The Morgan fingerprint density at radius 3 is 2.61 bits per heavy atom. The van der Waals surface area contributed by atoms with Gasteiger partial charge in [-0.05, 0) is 68.0 Å². The highest BCUT2D eigenvalue weighted by Gasteiger charge is 2.34. The van der Waals surface area contributed by atoms with Crippen LogP contribution in [0.5, 0.6) is 0 Å². The first-order valence-corrected chi connectivity index (χ1v) is 13.4. The molecule has 1 aromatic heterocycles. The number of carbonyl (C=O) groups excluding carboxylic acids is 1. The molecule has 1 aliphatic carbocycles. The van der Waals surface area contributed by atoms with E-state index in [9.17, 15) is 17.6 Å². The molecule has 1 unspecified atom stereocenters. The number of aromatic nitrogens is 1. The molecule has 2 aromatic carbocycles. The van der Waals surface area contributed by atoms with Crippen LogP contribution in [0.1, 0.15) is 68.5 Å². The molecular formula is C25H27ClFNO4S. The fraction of sp³-hybridized carbons (Fsp3) is 0.400. The summed E-state index contributed by atoms with van der Waals surface area (Å²) in [5.41, 5.74) is 2.95. The molecule has 8 heteroatoms. The second kappa shape index (κ2) is 9.11. The average Bonchev–Trinajstić information content (AvgIpc) is 3.08. The minimum absolute atomic E-state index is 0.0636. The molecule has 1 heterocycles. The number of nitrogens with zero attached hydrogens (tertiary/aromatic N) is 1. The standard InChI is InChI=1S/C25H27ClFNO4S/c1-4-6-23(29)32-21-8-5-7-19-20-13-18(27)14-22(33(3,30)31)25(20)28(24(19)21)15(2)16-9-11-17(26)12-10-16/h9-15,21H,4-8H2,1-3H3/t15?,21-/m1/s1. The van der Waals surface area contributed by atoms with Crippen LogP contribution in [-0.4, -0.2) is 25.2 Å². The van der Waals surface area contributed by atoms with Crippen molar-refractivity contribution in [2.75, 3.05) is 6.26 Å². The van der Waals surface area contributed by atoms with E-state index in [-0.39, 0.29) is 16.9 Å². The summed E-state index contributed by atoms with van der Waals surface area (Å²) in [4.78, 5) is 12.3. The molecule has 2 atom stereocenters. The second-order valence-corrected chi connectivity index (χ2v) is 11.1. The van der Waals surface area contributed by atoms with E-state index >= 15 is 0 Å². The van der Waals surface area contributed by atoms with E-state index in [1.807, 2.05) is 30.5 Å². The van der Waals surface area contributed by atoms with E-state index in [2.05, 4.69) is 0 Å². The molecule has 0 saturated heterocycles. The lowest BCUT2D eigenvalue weighted by Crippen LogP contribution is -2.22. The van der Waals surface area contributed by atoms with Gasteiger partial charge in [0.05, 0.1) is 22.1 Å². The predicted octanol–water partition coefficient (Wildman–Crippen LogP) is 6.17. The molecule has 0 bridgehead atoms. The minimum atomic E-state index is -3.74. The largest absolute Gasteiger partial charge is 0.456 e. The van der Waals surface area contributed by atoms with Gasteiger partial charge in [-0.2, -0.15) is 0 Å². The summed E-state index contributed by atoms with van der Waals surface area (Å²) in [5, 5.41) is 1.15. The highest BCUT2D eigenvalue weighted by molar-refractivity contribution is 7.91. The Bertz CT molecular complexity index is 1310. The van der Waals surface area contributed by atoms with Crippen LogP contribution in [0.25, 0.3) is 10.9 Å². The lowest BCUT2D eigenvalue weighted by Gasteiger charge is -2.28. The zero-order valence-electron chi connectivity index (χ0n) is 18.9. The van der Waals surface area contributed by atoms with Gasteiger partial charge in [0.15, 0.2) is 9.84 Å². The van der Waals surface area contributed by atoms with Crippen LogP contribution in [0.2, 0.25) is 5.02 Å². The molecular weight excluding hydrogens is 465 g/mol. The fourth-order valence-corrected chi connectivity index (χ4v) is 5.79. The number of ether oxygens (including phenoxy) is 1. The molecule has 0 N–H and O–H groups in total. The number of carbonyl (C=O) groups is 1. The van der Waals surface area contributed by atoms with Crippen LogP contribution in [0.3, 0.4) is 0 Å². The average molecular weight is 492 g/mol. The Hall–Kier alpha value is -2.38. The molecule has 0 radical (unpaired) electrons. The number of hydrogen-bond donors (Lipinski definition) is 0. The number of benzene rings is 2. The summed E-state index contributed by atoms with van der Waals surface area (Å²) in [6, 6.07) is 9.50. The zero-order chi connectivity index (χ0) is 23.9. The number of aryl methyl sites for hydroxylation is 1. The smallest absolute Gasteiger partial charge is 0.306 e. The summed E-state index contributed by atoms with van der Waals surface area (Å²) < 4.78 is 47.9. The molecule has 0 saturated carbocycles. The van der Waals surface area contributed by atoms with Crippen LogP contribution < -0.4 is 0 Å². The second-order valence-electron chi connectivity index (χ2n) is 8.65. The number of fused-ring (bicyclic) bond motifs is 3. The zero-order valence-corrected chi connectivity index (χ0v) is 20.5. The third-order valence-electron chi connectivity index (χ3n) is 6.24. The number of rotatable bonds is 6. The van der Waals surface area contributed by atoms with E-state index in [1.165, 1.54) is 6.07 Å². The van der Waals surface area contributed by atoms with Crippen LogP contribution in [0.15, 0.2) is 41.3 Å². The van der Waals surface area contributed by atoms with Crippen molar-refractivity contribution in [2.24, 2.45) is 0 Å². The van der Waals surface area contributed by atoms with Gasteiger partial charge in [0.1, 0.15) is 11.9 Å². The minimum Gasteiger partial charge on any atom is -0.456 e. The quantitative estimate of drug-likeness (QED) is 0.387. The van der Waals surface area contributed by atoms with Crippen molar-refractivity contribution in [2.45, 2.75) is 63.0 Å². The molecule has 0 amide bonds. The van der Waals surface area contributed by atoms with Crippen molar-refractivity contribution in [3.63, 3.8) is 0 Å². The van der Waals surface area contributed by atoms with Crippen molar-refractivity contribution < 1.29 is 22.3 Å². The Balaban J connectivity index is 2.04. The Morgan fingerprint density at radius 1 is 1.27 bits per heavy atom.